The van der Waals surface area contributed by atoms with Crippen molar-refractivity contribution in [2.45, 2.75) is 33.4 Å². The summed E-state index contributed by atoms with van der Waals surface area (Å²) in [5.41, 5.74) is 9.94. The van der Waals surface area contributed by atoms with Crippen LogP contribution in [0.25, 0.3) is 11.1 Å². The monoisotopic (exact) mass is 342 g/mol. The number of carbonyl (C=O) groups excluding carboxylic acids is 2. The van der Waals surface area contributed by atoms with E-state index in [2.05, 4.69) is 4.98 Å². The van der Waals surface area contributed by atoms with Crippen molar-refractivity contribution in [2.24, 2.45) is 5.73 Å². The molecule has 2 aromatic rings. The number of esters is 1. The molecular formula is C19H22N2O4. The molecule has 1 aromatic heterocycles. The fourth-order valence-electron chi connectivity index (χ4n) is 2.53. The molecule has 0 aliphatic heterocycles. The molecule has 0 unspecified atom stereocenters. The van der Waals surface area contributed by atoms with E-state index in [0.29, 0.717) is 24.5 Å². The maximum Gasteiger partial charge on any atom is 0.304 e. The molecular weight excluding hydrogens is 320 g/mol. The minimum atomic E-state index is -0.688. The van der Waals surface area contributed by atoms with Gasteiger partial charge in [-0.25, -0.2) is 4.98 Å². The number of carbonyl (C=O) groups is 2. The topological polar surface area (TPSA) is 91.5 Å². The zero-order chi connectivity index (χ0) is 18.4. The summed E-state index contributed by atoms with van der Waals surface area (Å²) in [5, 5.41) is 0. The molecule has 0 fully saturated rings. The molecule has 0 saturated heterocycles. The number of aryl methyl sites for hydroxylation is 1. The van der Waals surface area contributed by atoms with Crippen LogP contribution in [0.1, 0.15) is 35.0 Å². The summed E-state index contributed by atoms with van der Waals surface area (Å²) in [4.78, 5) is 26.4. The molecule has 2 N–H and O–H groups in total. The molecule has 0 aliphatic rings. The second-order valence-corrected chi connectivity index (χ2v) is 5.71. The third-order valence-electron chi connectivity index (χ3n) is 3.82. The van der Waals surface area contributed by atoms with Crippen LogP contribution in [-0.4, -0.2) is 30.1 Å². The van der Waals surface area contributed by atoms with Gasteiger partial charge < -0.3 is 9.47 Å². The average molecular weight is 342 g/mol. The second kappa shape index (κ2) is 8.39. The number of aldehydes is 1. The fourth-order valence-corrected chi connectivity index (χ4v) is 2.53. The van der Waals surface area contributed by atoms with E-state index in [4.69, 9.17) is 15.2 Å². The first-order chi connectivity index (χ1) is 11.9. The summed E-state index contributed by atoms with van der Waals surface area (Å²) in [6.07, 6.45) is 0.542. The lowest BCUT2D eigenvalue weighted by Gasteiger charge is -2.14. The lowest BCUT2D eigenvalue weighted by Crippen LogP contribution is -2.28. The van der Waals surface area contributed by atoms with E-state index in [1.54, 1.807) is 12.1 Å². The molecule has 1 aromatic carbocycles. The maximum atomic E-state index is 11.1. The van der Waals surface area contributed by atoms with Crippen LogP contribution in [0.4, 0.5) is 0 Å². The van der Waals surface area contributed by atoms with E-state index in [9.17, 15) is 9.59 Å². The number of nitrogens with two attached hydrogens (primary N) is 1. The minimum absolute atomic E-state index is 0.292. The van der Waals surface area contributed by atoms with E-state index in [1.807, 2.05) is 32.0 Å². The number of aromatic nitrogens is 1. The molecule has 0 aliphatic carbocycles. The van der Waals surface area contributed by atoms with Crippen LogP contribution < -0.4 is 10.5 Å². The molecule has 0 radical (unpaired) electrons. The standard InChI is InChI=1S/C19H22N2O4/c1-12-15(11-22)5-4-6-16(12)17-7-8-19(21-13(17)2)24-10-9-18(20)25-14(3)23/h4-8,11,18H,9-10,20H2,1-3H3/t18-/m0/s1. The van der Waals surface area contributed by atoms with Gasteiger partial charge in [-0.05, 0) is 31.0 Å². The lowest BCUT2D eigenvalue weighted by atomic mass is 9.96. The van der Waals surface area contributed by atoms with E-state index < -0.39 is 12.2 Å². The number of hydrogen-bond donors (Lipinski definition) is 1. The summed E-state index contributed by atoms with van der Waals surface area (Å²) in [7, 11) is 0. The Bertz CT molecular complexity index is 774. The first-order valence-electron chi connectivity index (χ1n) is 8.00. The van der Waals surface area contributed by atoms with Gasteiger partial charge in [-0.2, -0.15) is 0 Å². The number of nitrogens with zero attached hydrogens (tertiary/aromatic N) is 1. The van der Waals surface area contributed by atoms with E-state index >= 15 is 0 Å². The smallest absolute Gasteiger partial charge is 0.304 e. The summed E-state index contributed by atoms with van der Waals surface area (Å²) < 4.78 is 10.4. The molecule has 6 nitrogen and oxygen atoms in total. The summed E-state index contributed by atoms with van der Waals surface area (Å²) in [6.45, 7) is 5.41. The number of benzene rings is 1. The number of pyridine rings is 1. The Morgan fingerprint density at radius 3 is 2.64 bits per heavy atom. The van der Waals surface area contributed by atoms with Crippen molar-refractivity contribution in [3.05, 3.63) is 47.2 Å². The highest BCUT2D eigenvalue weighted by atomic mass is 16.6. The van der Waals surface area contributed by atoms with Crippen LogP contribution in [0, 0.1) is 13.8 Å². The van der Waals surface area contributed by atoms with E-state index in [1.165, 1.54) is 6.92 Å². The van der Waals surface area contributed by atoms with Gasteiger partial charge in [-0.1, -0.05) is 18.2 Å². The van der Waals surface area contributed by atoms with Crippen molar-refractivity contribution >= 4 is 12.3 Å². The Morgan fingerprint density at radius 2 is 2.00 bits per heavy atom. The van der Waals surface area contributed by atoms with Crippen LogP contribution in [-0.2, 0) is 9.53 Å². The van der Waals surface area contributed by atoms with Crippen LogP contribution in [0.15, 0.2) is 30.3 Å². The molecule has 1 heterocycles. The van der Waals surface area contributed by atoms with Gasteiger partial charge >= 0.3 is 5.97 Å². The molecule has 0 saturated carbocycles. The van der Waals surface area contributed by atoms with Crippen LogP contribution >= 0.6 is 0 Å². The van der Waals surface area contributed by atoms with Crippen molar-refractivity contribution in [3.63, 3.8) is 0 Å². The third-order valence-corrected chi connectivity index (χ3v) is 3.82. The van der Waals surface area contributed by atoms with Crippen LogP contribution in [0.5, 0.6) is 5.88 Å². The Morgan fingerprint density at radius 1 is 1.24 bits per heavy atom. The normalized spacial score (nSPS) is 11.7. The molecule has 0 amide bonds. The van der Waals surface area contributed by atoms with Gasteiger partial charge in [0.25, 0.3) is 0 Å². The van der Waals surface area contributed by atoms with Gasteiger partial charge in [0.05, 0.1) is 6.61 Å². The number of ether oxygens (including phenoxy) is 2. The Hall–Kier alpha value is -2.73. The van der Waals surface area contributed by atoms with Gasteiger partial charge in [0.2, 0.25) is 5.88 Å². The SMILES string of the molecule is CC(=O)O[C@H](N)CCOc1ccc(-c2cccc(C=O)c2C)c(C)n1. The van der Waals surface area contributed by atoms with Crippen LogP contribution in [0.2, 0.25) is 0 Å². The zero-order valence-corrected chi connectivity index (χ0v) is 14.6. The first-order valence-corrected chi connectivity index (χ1v) is 8.00. The highest BCUT2D eigenvalue weighted by Crippen LogP contribution is 2.28. The van der Waals surface area contributed by atoms with Crippen molar-refractivity contribution in [2.75, 3.05) is 6.61 Å². The maximum absolute atomic E-state index is 11.1. The lowest BCUT2D eigenvalue weighted by molar-refractivity contribution is -0.146. The average Bonchev–Trinajstić information content (AvgIpc) is 2.55. The summed E-state index contributed by atoms with van der Waals surface area (Å²) in [5.74, 6) is 0.0548. The summed E-state index contributed by atoms with van der Waals surface area (Å²) >= 11 is 0. The van der Waals surface area contributed by atoms with Crippen LogP contribution in [0.3, 0.4) is 0 Å². The van der Waals surface area contributed by atoms with Gasteiger partial charge in [-0.15, -0.1) is 0 Å². The van der Waals surface area contributed by atoms with Crippen molar-refractivity contribution < 1.29 is 19.1 Å². The van der Waals surface area contributed by atoms with Gasteiger partial charge in [0.1, 0.15) is 6.29 Å². The molecule has 132 valence electrons. The predicted molar refractivity (Wildman–Crippen MR) is 94.4 cm³/mol. The number of hydrogen-bond acceptors (Lipinski definition) is 6. The molecule has 25 heavy (non-hydrogen) atoms. The zero-order valence-electron chi connectivity index (χ0n) is 14.6. The largest absolute Gasteiger partial charge is 0.477 e. The quantitative estimate of drug-likeness (QED) is 0.472. The van der Waals surface area contributed by atoms with Crippen molar-refractivity contribution in [3.8, 4) is 17.0 Å². The molecule has 6 heteroatoms. The molecule has 1 atom stereocenters. The first kappa shape index (κ1) is 18.6. The Balaban J connectivity index is 2.08. The van der Waals surface area contributed by atoms with E-state index in [-0.39, 0.29) is 0 Å². The Labute approximate surface area is 147 Å². The van der Waals surface area contributed by atoms with E-state index in [0.717, 1.165) is 28.7 Å². The number of rotatable bonds is 7. The highest BCUT2D eigenvalue weighted by Gasteiger charge is 2.11. The second-order valence-electron chi connectivity index (χ2n) is 5.71. The molecule has 2 rings (SSSR count). The minimum Gasteiger partial charge on any atom is -0.477 e. The van der Waals surface area contributed by atoms with Gasteiger partial charge in [0, 0.05) is 36.2 Å². The predicted octanol–water partition coefficient (Wildman–Crippen LogP) is 2.79. The summed E-state index contributed by atoms with van der Waals surface area (Å²) in [6, 6.07) is 9.29. The van der Waals surface area contributed by atoms with Crippen molar-refractivity contribution in [1.82, 2.24) is 4.98 Å². The highest BCUT2D eigenvalue weighted by molar-refractivity contribution is 5.83. The fraction of sp³-hybridized carbons (Fsp3) is 0.316. The van der Waals surface area contributed by atoms with Crippen molar-refractivity contribution in [1.29, 1.82) is 0 Å². The molecule has 0 spiro atoms. The molecule has 0 bridgehead atoms. The Kier molecular flexibility index (Phi) is 6.25. The van der Waals surface area contributed by atoms with Gasteiger partial charge in [0.15, 0.2) is 6.23 Å². The third kappa shape index (κ3) is 4.87. The van der Waals surface area contributed by atoms with Gasteiger partial charge in [-0.3, -0.25) is 15.3 Å².